The van der Waals surface area contributed by atoms with E-state index in [0.717, 1.165) is 22.5 Å². The first-order chi connectivity index (χ1) is 13.6. The molecule has 2 bridgehead atoms. The van der Waals surface area contributed by atoms with Crippen molar-refractivity contribution in [3.05, 3.63) is 76.3 Å². The molecule has 3 aromatic rings. The third-order valence-electron chi connectivity index (χ3n) is 6.17. The van der Waals surface area contributed by atoms with Gasteiger partial charge in [0.2, 0.25) is 0 Å². The van der Waals surface area contributed by atoms with Crippen LogP contribution in [0.4, 0.5) is 17.2 Å². The predicted molar refractivity (Wildman–Crippen MR) is 113 cm³/mol. The molecule has 0 spiro atoms. The number of anilines is 2. The molecule has 28 heavy (non-hydrogen) atoms. The van der Waals surface area contributed by atoms with E-state index < -0.39 is 0 Å². The molecule has 142 valence electrons. The molecular weight excluding hydrogens is 344 g/mol. The SMILES string of the molecule is Cc1ccc(N=c2c(Nc3ccc(C)cc3)nn(C)c3c2[C@@H]2CC[C@H]3C2)cc1. The standard InChI is InChI=1S/C24H26N4/c1-15-4-10-19(11-5-15)25-22-21-17-8-9-18(14-17)23(21)28(3)27-24(22)26-20-12-6-16(2)7-13-20/h4-7,10-13,17-18H,8-9,14H2,1-3H3,(H,26,27)/t17-,18+/m1/s1. The van der Waals surface area contributed by atoms with Crippen molar-refractivity contribution in [2.45, 2.75) is 44.9 Å². The summed E-state index contributed by atoms with van der Waals surface area (Å²) in [5.41, 5.74) is 7.32. The maximum Gasteiger partial charge on any atom is 0.177 e. The van der Waals surface area contributed by atoms with Crippen LogP contribution >= 0.6 is 0 Å². The van der Waals surface area contributed by atoms with Crippen LogP contribution in [0.3, 0.4) is 0 Å². The number of nitrogens with one attached hydrogen (secondary N) is 1. The van der Waals surface area contributed by atoms with Gasteiger partial charge < -0.3 is 5.32 Å². The second-order valence-electron chi connectivity index (χ2n) is 8.27. The molecule has 1 saturated carbocycles. The van der Waals surface area contributed by atoms with Crippen molar-refractivity contribution in [1.29, 1.82) is 0 Å². The molecule has 0 radical (unpaired) electrons. The number of aryl methyl sites for hydroxylation is 3. The molecule has 0 amide bonds. The third kappa shape index (κ3) is 2.93. The maximum atomic E-state index is 5.09. The first-order valence-corrected chi connectivity index (χ1v) is 10.1. The first kappa shape index (κ1) is 17.2. The van der Waals surface area contributed by atoms with Gasteiger partial charge in [0.1, 0.15) is 5.36 Å². The maximum absolute atomic E-state index is 5.09. The second kappa shape index (κ2) is 6.62. The van der Waals surface area contributed by atoms with Crippen LogP contribution in [0, 0.1) is 13.8 Å². The molecule has 0 unspecified atom stereocenters. The van der Waals surface area contributed by atoms with Gasteiger partial charge in [0.25, 0.3) is 0 Å². The van der Waals surface area contributed by atoms with Crippen LogP contribution in [0.25, 0.3) is 0 Å². The fraction of sp³-hybridized carbons (Fsp3) is 0.333. The number of aromatic nitrogens is 2. The van der Waals surface area contributed by atoms with Crippen molar-refractivity contribution in [3.8, 4) is 0 Å². The lowest BCUT2D eigenvalue weighted by Crippen LogP contribution is -2.25. The number of rotatable bonds is 3. The van der Waals surface area contributed by atoms with Crippen molar-refractivity contribution in [2.24, 2.45) is 12.0 Å². The van der Waals surface area contributed by atoms with Crippen LogP contribution < -0.4 is 10.7 Å². The summed E-state index contributed by atoms with van der Waals surface area (Å²) in [7, 11) is 2.08. The molecule has 0 saturated heterocycles. The zero-order valence-electron chi connectivity index (χ0n) is 16.7. The second-order valence-corrected chi connectivity index (χ2v) is 8.27. The Morgan fingerprint density at radius 3 is 2.29 bits per heavy atom. The van der Waals surface area contributed by atoms with E-state index in [4.69, 9.17) is 10.1 Å². The minimum atomic E-state index is 0.608. The fourth-order valence-corrected chi connectivity index (χ4v) is 4.77. The monoisotopic (exact) mass is 370 g/mol. The van der Waals surface area contributed by atoms with Gasteiger partial charge in [-0.2, -0.15) is 5.10 Å². The average molecular weight is 371 g/mol. The Morgan fingerprint density at radius 1 is 0.929 bits per heavy atom. The Hall–Kier alpha value is -2.88. The van der Waals surface area contributed by atoms with Gasteiger partial charge in [-0.3, -0.25) is 4.68 Å². The van der Waals surface area contributed by atoms with Gasteiger partial charge >= 0.3 is 0 Å². The lowest BCUT2D eigenvalue weighted by Gasteiger charge is -2.21. The number of hydrogen-bond acceptors (Lipinski definition) is 3. The summed E-state index contributed by atoms with van der Waals surface area (Å²) in [4.78, 5) is 5.09. The Morgan fingerprint density at radius 2 is 1.57 bits per heavy atom. The highest BCUT2D eigenvalue weighted by Crippen LogP contribution is 2.51. The van der Waals surface area contributed by atoms with Gasteiger partial charge in [-0.1, -0.05) is 35.4 Å². The highest BCUT2D eigenvalue weighted by atomic mass is 15.3. The number of hydrogen-bond donors (Lipinski definition) is 1. The normalized spacial score (nSPS) is 20.5. The van der Waals surface area contributed by atoms with Crippen molar-refractivity contribution in [2.75, 3.05) is 5.32 Å². The van der Waals surface area contributed by atoms with E-state index in [2.05, 4.69) is 79.4 Å². The van der Waals surface area contributed by atoms with Gasteiger partial charge in [0.15, 0.2) is 5.82 Å². The quantitative estimate of drug-likeness (QED) is 0.673. The van der Waals surface area contributed by atoms with Gasteiger partial charge in [-0.25, -0.2) is 4.99 Å². The van der Waals surface area contributed by atoms with E-state index in [9.17, 15) is 0 Å². The predicted octanol–water partition coefficient (Wildman–Crippen LogP) is 5.38. The summed E-state index contributed by atoms with van der Waals surface area (Å²) in [6, 6.07) is 16.9. The summed E-state index contributed by atoms with van der Waals surface area (Å²) in [5.74, 6) is 2.09. The van der Waals surface area contributed by atoms with Crippen LogP contribution in [0.2, 0.25) is 0 Å². The van der Waals surface area contributed by atoms with E-state index in [1.165, 1.54) is 41.6 Å². The third-order valence-corrected chi connectivity index (χ3v) is 6.17. The Bertz CT molecular complexity index is 1090. The number of benzene rings is 2. The molecule has 0 aliphatic heterocycles. The summed E-state index contributed by atoms with van der Waals surface area (Å²) in [6.07, 6.45) is 3.79. The number of fused-ring (bicyclic) bond motifs is 5. The van der Waals surface area contributed by atoms with Gasteiger partial charge in [0, 0.05) is 29.9 Å². The first-order valence-electron chi connectivity index (χ1n) is 10.1. The molecule has 1 aromatic heterocycles. The molecule has 5 rings (SSSR count). The van der Waals surface area contributed by atoms with E-state index in [-0.39, 0.29) is 0 Å². The summed E-state index contributed by atoms with van der Waals surface area (Å²) >= 11 is 0. The zero-order valence-corrected chi connectivity index (χ0v) is 16.7. The topological polar surface area (TPSA) is 42.2 Å². The summed E-state index contributed by atoms with van der Waals surface area (Å²) in [5, 5.41) is 9.46. The van der Waals surface area contributed by atoms with Crippen molar-refractivity contribution in [3.63, 3.8) is 0 Å². The van der Waals surface area contributed by atoms with E-state index >= 15 is 0 Å². The number of nitrogens with zero attached hydrogens (tertiary/aromatic N) is 3. The summed E-state index contributed by atoms with van der Waals surface area (Å²) in [6.45, 7) is 4.21. The van der Waals surface area contributed by atoms with E-state index in [1.807, 2.05) is 0 Å². The lowest BCUT2D eigenvalue weighted by atomic mass is 9.95. The van der Waals surface area contributed by atoms with E-state index in [0.29, 0.717) is 11.8 Å². The van der Waals surface area contributed by atoms with Crippen LogP contribution in [-0.2, 0) is 7.05 Å². The van der Waals surface area contributed by atoms with Crippen LogP contribution in [0.15, 0.2) is 53.5 Å². The van der Waals surface area contributed by atoms with E-state index in [1.54, 1.807) is 0 Å². The van der Waals surface area contributed by atoms with Gasteiger partial charge in [0.05, 0.1) is 5.69 Å². The molecule has 4 heteroatoms. The Balaban J connectivity index is 1.70. The molecule has 2 aliphatic carbocycles. The molecule has 1 fully saturated rings. The molecule has 1 N–H and O–H groups in total. The van der Waals surface area contributed by atoms with Crippen LogP contribution in [0.5, 0.6) is 0 Å². The minimum absolute atomic E-state index is 0.608. The lowest BCUT2D eigenvalue weighted by molar-refractivity contribution is 0.596. The highest BCUT2D eigenvalue weighted by Gasteiger charge is 2.40. The Labute approximate surface area is 166 Å². The van der Waals surface area contributed by atoms with Crippen molar-refractivity contribution in [1.82, 2.24) is 9.78 Å². The van der Waals surface area contributed by atoms with Gasteiger partial charge in [-0.05, 0) is 63.3 Å². The highest BCUT2D eigenvalue weighted by molar-refractivity contribution is 5.58. The smallest absolute Gasteiger partial charge is 0.177 e. The van der Waals surface area contributed by atoms with Crippen molar-refractivity contribution < 1.29 is 0 Å². The molecule has 2 atom stereocenters. The minimum Gasteiger partial charge on any atom is -0.337 e. The zero-order chi connectivity index (χ0) is 19.3. The fourth-order valence-electron chi connectivity index (χ4n) is 4.77. The Kier molecular flexibility index (Phi) is 4.08. The molecular formula is C24H26N4. The van der Waals surface area contributed by atoms with Crippen LogP contribution in [-0.4, -0.2) is 9.78 Å². The average Bonchev–Trinajstić information content (AvgIpc) is 3.30. The summed E-state index contributed by atoms with van der Waals surface area (Å²) < 4.78 is 2.09. The molecule has 2 aliphatic rings. The van der Waals surface area contributed by atoms with Gasteiger partial charge in [-0.15, -0.1) is 0 Å². The molecule has 4 nitrogen and oxygen atoms in total. The largest absolute Gasteiger partial charge is 0.337 e. The molecule has 2 aromatic carbocycles. The molecule has 1 heterocycles. The van der Waals surface area contributed by atoms with Crippen molar-refractivity contribution >= 4 is 17.2 Å². The van der Waals surface area contributed by atoms with Crippen LogP contribution in [0.1, 0.15) is 53.5 Å².